The molecule has 2 heterocycles. The molecular weight excluding hydrogens is 174 g/mol. The Kier molecular flexibility index (Phi) is 1.61. The number of hydrogen-bond acceptors (Lipinski definition) is 5. The van der Waals surface area contributed by atoms with Crippen LogP contribution in [0.5, 0.6) is 0 Å². The van der Waals surface area contributed by atoms with E-state index in [1.807, 2.05) is 0 Å². The third-order valence-corrected chi connectivity index (χ3v) is 2.02. The fraction of sp³-hybridized carbons (Fsp3) is 0.429. The van der Waals surface area contributed by atoms with Gasteiger partial charge in [0.1, 0.15) is 5.69 Å². The maximum absolute atomic E-state index is 11.1. The third kappa shape index (κ3) is 1.10. The predicted octanol–water partition coefficient (Wildman–Crippen LogP) is 0.339. The quantitative estimate of drug-likeness (QED) is 0.627. The molecule has 1 aromatic heterocycles. The zero-order valence-electron chi connectivity index (χ0n) is 7.11. The number of rotatable bonds is 0. The number of nitrogens with two attached hydrogens (primary N) is 1. The predicted molar refractivity (Wildman–Crippen MR) is 42.6 cm³/mol. The molecule has 13 heavy (non-hydrogen) atoms. The average molecular weight is 183 g/mol. The highest BCUT2D eigenvalue weighted by Gasteiger charge is 2.29. The first-order valence-corrected chi connectivity index (χ1v) is 3.78. The highest BCUT2D eigenvalue weighted by molar-refractivity contribution is 5.69. The second kappa shape index (κ2) is 2.65. The zero-order valence-corrected chi connectivity index (χ0v) is 7.11. The fourth-order valence-corrected chi connectivity index (χ4v) is 1.34. The summed E-state index contributed by atoms with van der Waals surface area (Å²) in [4.78, 5) is 12.6. The standard InChI is InChI=1S/C7H9N3O3/c1-12-7(11)10-2-4-5(3-10)9-13-6(4)8/h2-3,8H2,1H3. The first-order chi connectivity index (χ1) is 6.22. The van der Waals surface area contributed by atoms with E-state index in [0.29, 0.717) is 18.8 Å². The Morgan fingerprint density at radius 3 is 3.08 bits per heavy atom. The SMILES string of the molecule is COC(=O)N1Cc2noc(N)c2C1. The van der Waals surface area contributed by atoms with Crippen molar-refractivity contribution < 1.29 is 14.1 Å². The zero-order chi connectivity index (χ0) is 9.42. The topological polar surface area (TPSA) is 81.6 Å². The minimum Gasteiger partial charge on any atom is -0.453 e. The smallest absolute Gasteiger partial charge is 0.410 e. The van der Waals surface area contributed by atoms with Gasteiger partial charge in [-0.25, -0.2) is 4.79 Å². The van der Waals surface area contributed by atoms with Gasteiger partial charge >= 0.3 is 6.09 Å². The van der Waals surface area contributed by atoms with Crippen LogP contribution in [-0.4, -0.2) is 23.3 Å². The van der Waals surface area contributed by atoms with Gasteiger partial charge in [0.05, 0.1) is 25.8 Å². The number of amides is 1. The maximum atomic E-state index is 11.1. The Labute approximate surface area is 74.2 Å². The molecule has 0 aliphatic carbocycles. The number of nitrogens with zero attached hydrogens (tertiary/aromatic N) is 2. The van der Waals surface area contributed by atoms with Crippen LogP contribution in [0.2, 0.25) is 0 Å². The molecule has 0 bridgehead atoms. The van der Waals surface area contributed by atoms with E-state index in [9.17, 15) is 4.79 Å². The Hall–Kier alpha value is -1.72. The molecule has 1 aliphatic rings. The first kappa shape index (κ1) is 7.90. The monoisotopic (exact) mass is 183 g/mol. The highest BCUT2D eigenvalue weighted by atomic mass is 16.5. The average Bonchev–Trinajstić information content (AvgIpc) is 2.67. The lowest BCUT2D eigenvalue weighted by Crippen LogP contribution is -2.25. The molecule has 0 radical (unpaired) electrons. The van der Waals surface area contributed by atoms with E-state index in [1.54, 1.807) is 0 Å². The van der Waals surface area contributed by atoms with Crippen LogP contribution < -0.4 is 5.73 Å². The number of aromatic nitrogens is 1. The van der Waals surface area contributed by atoms with Crippen LogP contribution in [-0.2, 0) is 17.8 Å². The number of methoxy groups -OCH3 is 1. The molecule has 0 saturated carbocycles. The highest BCUT2D eigenvalue weighted by Crippen LogP contribution is 2.26. The molecule has 2 rings (SSSR count). The Balaban J connectivity index is 2.18. The van der Waals surface area contributed by atoms with Crippen molar-refractivity contribution >= 4 is 12.0 Å². The van der Waals surface area contributed by atoms with Gasteiger partial charge in [0.15, 0.2) is 0 Å². The number of carbonyl (C=O) groups is 1. The van der Waals surface area contributed by atoms with Gasteiger partial charge in [-0.05, 0) is 0 Å². The second-order valence-electron chi connectivity index (χ2n) is 2.80. The lowest BCUT2D eigenvalue weighted by Gasteiger charge is -2.12. The summed E-state index contributed by atoms with van der Waals surface area (Å²) < 4.78 is 9.31. The van der Waals surface area contributed by atoms with Crippen LogP contribution in [0.4, 0.5) is 10.7 Å². The van der Waals surface area contributed by atoms with Crippen LogP contribution in [0.15, 0.2) is 4.52 Å². The summed E-state index contributed by atoms with van der Waals surface area (Å²) >= 11 is 0. The normalized spacial score (nSPS) is 14.4. The van der Waals surface area contributed by atoms with Crippen molar-refractivity contribution in [3.8, 4) is 0 Å². The first-order valence-electron chi connectivity index (χ1n) is 3.78. The molecule has 2 N–H and O–H groups in total. The molecular formula is C7H9N3O3. The Morgan fingerprint density at radius 1 is 1.69 bits per heavy atom. The van der Waals surface area contributed by atoms with Crippen molar-refractivity contribution in [3.63, 3.8) is 0 Å². The van der Waals surface area contributed by atoms with Gasteiger partial charge < -0.3 is 15.0 Å². The lowest BCUT2D eigenvalue weighted by atomic mass is 10.3. The summed E-state index contributed by atoms with van der Waals surface area (Å²) in [5.41, 5.74) is 6.98. The second-order valence-corrected chi connectivity index (χ2v) is 2.80. The van der Waals surface area contributed by atoms with Crippen LogP contribution in [0, 0.1) is 0 Å². The number of nitrogen functional groups attached to an aromatic ring is 1. The number of ether oxygens (including phenoxy) is 1. The van der Waals surface area contributed by atoms with E-state index >= 15 is 0 Å². The number of hydrogen-bond donors (Lipinski definition) is 1. The number of fused-ring (bicyclic) bond motifs is 1. The minimum atomic E-state index is -0.377. The van der Waals surface area contributed by atoms with Gasteiger partial charge in [0.2, 0.25) is 5.88 Å². The minimum absolute atomic E-state index is 0.279. The summed E-state index contributed by atoms with van der Waals surface area (Å²) in [5.74, 6) is 0.279. The van der Waals surface area contributed by atoms with E-state index < -0.39 is 0 Å². The molecule has 0 saturated heterocycles. The van der Waals surface area contributed by atoms with Crippen molar-refractivity contribution in [1.82, 2.24) is 10.1 Å². The molecule has 0 atom stereocenters. The van der Waals surface area contributed by atoms with Crippen molar-refractivity contribution in [3.05, 3.63) is 11.3 Å². The van der Waals surface area contributed by atoms with Crippen molar-refractivity contribution in [2.24, 2.45) is 0 Å². The van der Waals surface area contributed by atoms with Crippen LogP contribution >= 0.6 is 0 Å². The largest absolute Gasteiger partial charge is 0.453 e. The molecule has 6 heteroatoms. The summed E-state index contributed by atoms with van der Waals surface area (Å²) in [7, 11) is 1.34. The van der Waals surface area contributed by atoms with Gasteiger partial charge in [0.25, 0.3) is 0 Å². The summed E-state index contributed by atoms with van der Waals surface area (Å²) in [6.07, 6.45) is -0.377. The van der Waals surface area contributed by atoms with Crippen molar-refractivity contribution in [2.75, 3.05) is 12.8 Å². The summed E-state index contributed by atoms with van der Waals surface area (Å²) in [6, 6.07) is 0. The maximum Gasteiger partial charge on any atom is 0.410 e. The van der Waals surface area contributed by atoms with E-state index in [1.165, 1.54) is 12.0 Å². The molecule has 0 unspecified atom stereocenters. The van der Waals surface area contributed by atoms with Crippen LogP contribution in [0.1, 0.15) is 11.3 Å². The number of anilines is 1. The molecule has 6 nitrogen and oxygen atoms in total. The molecule has 0 fully saturated rings. The van der Waals surface area contributed by atoms with Crippen molar-refractivity contribution in [1.29, 1.82) is 0 Å². The number of carbonyl (C=O) groups excluding carboxylic acids is 1. The van der Waals surface area contributed by atoms with E-state index in [4.69, 9.17) is 10.3 Å². The Morgan fingerprint density at radius 2 is 2.46 bits per heavy atom. The summed E-state index contributed by atoms with van der Waals surface area (Å²) in [5, 5.41) is 3.71. The van der Waals surface area contributed by atoms with Crippen LogP contribution in [0.3, 0.4) is 0 Å². The molecule has 1 amide bonds. The molecule has 0 spiro atoms. The van der Waals surface area contributed by atoms with Gasteiger partial charge in [-0.3, -0.25) is 4.90 Å². The molecule has 1 aromatic rings. The van der Waals surface area contributed by atoms with Gasteiger partial charge in [0, 0.05) is 0 Å². The third-order valence-electron chi connectivity index (χ3n) is 2.02. The molecule has 1 aliphatic heterocycles. The van der Waals surface area contributed by atoms with E-state index in [2.05, 4.69) is 9.89 Å². The van der Waals surface area contributed by atoms with Gasteiger partial charge in [-0.2, -0.15) is 0 Å². The fourth-order valence-electron chi connectivity index (χ4n) is 1.34. The summed E-state index contributed by atoms with van der Waals surface area (Å²) in [6.45, 7) is 0.819. The molecule has 70 valence electrons. The Bertz CT molecular complexity index is 347. The van der Waals surface area contributed by atoms with Crippen LogP contribution in [0.25, 0.3) is 0 Å². The van der Waals surface area contributed by atoms with Gasteiger partial charge in [-0.15, -0.1) is 0 Å². The van der Waals surface area contributed by atoms with E-state index in [-0.39, 0.29) is 12.0 Å². The lowest BCUT2D eigenvalue weighted by molar-refractivity contribution is 0.122. The molecule has 0 aromatic carbocycles. The van der Waals surface area contributed by atoms with Crippen molar-refractivity contribution in [2.45, 2.75) is 13.1 Å². The van der Waals surface area contributed by atoms with E-state index in [0.717, 1.165) is 5.56 Å². The van der Waals surface area contributed by atoms with Gasteiger partial charge in [-0.1, -0.05) is 5.16 Å².